The van der Waals surface area contributed by atoms with Crippen molar-refractivity contribution in [3.05, 3.63) is 82.4 Å². The van der Waals surface area contributed by atoms with Gasteiger partial charge in [0.15, 0.2) is 5.78 Å². The molecule has 0 radical (unpaired) electrons. The number of fused-ring (bicyclic) bond motifs is 4. The number of nitrogens with one attached hydrogen (secondary N) is 2. The number of rotatable bonds is 2. The van der Waals surface area contributed by atoms with Crippen molar-refractivity contribution in [1.29, 1.82) is 0 Å². The van der Waals surface area contributed by atoms with E-state index in [-0.39, 0.29) is 33.8 Å². The topological polar surface area (TPSA) is 102 Å². The molecular formula is C26H23N3O4. The maximum atomic E-state index is 13.4. The molecule has 0 unspecified atom stereocenters. The SMILES string of the molecule is O=C1c2ccc3c(c2C(=O)c2c(O)ccc(O)c21)NC1(CCN(Cc2ccccc2)CC1)N3. The van der Waals surface area contributed by atoms with Crippen LogP contribution in [-0.4, -0.2) is 45.4 Å². The zero-order valence-corrected chi connectivity index (χ0v) is 17.9. The van der Waals surface area contributed by atoms with Crippen molar-refractivity contribution < 1.29 is 19.8 Å². The third-order valence-electron chi connectivity index (χ3n) is 6.99. The summed E-state index contributed by atoms with van der Waals surface area (Å²) < 4.78 is 0. The van der Waals surface area contributed by atoms with Crippen molar-refractivity contribution >= 4 is 22.9 Å². The summed E-state index contributed by atoms with van der Waals surface area (Å²) in [6.45, 7) is 2.66. The number of carbonyl (C=O) groups excluding carboxylic acids is 2. The maximum Gasteiger partial charge on any atom is 0.200 e. The molecule has 6 rings (SSSR count). The lowest BCUT2D eigenvalue weighted by Crippen LogP contribution is -2.51. The van der Waals surface area contributed by atoms with Crippen LogP contribution in [0, 0.1) is 0 Å². The minimum atomic E-state index is -0.462. The van der Waals surface area contributed by atoms with Crippen molar-refractivity contribution in [1.82, 2.24) is 4.90 Å². The van der Waals surface area contributed by atoms with E-state index in [4.69, 9.17) is 0 Å². The second-order valence-corrected chi connectivity index (χ2v) is 9.02. The lowest BCUT2D eigenvalue weighted by molar-refractivity contribution is 0.0974. The first-order valence-corrected chi connectivity index (χ1v) is 11.1. The predicted molar refractivity (Wildman–Crippen MR) is 124 cm³/mol. The second kappa shape index (κ2) is 7.08. The summed E-state index contributed by atoms with van der Waals surface area (Å²) in [5, 5.41) is 27.6. The molecule has 3 aliphatic rings. The van der Waals surface area contributed by atoms with Gasteiger partial charge in [0, 0.05) is 38.0 Å². The fourth-order valence-corrected chi connectivity index (χ4v) is 5.27. The number of nitrogens with zero attached hydrogens (tertiary/aromatic N) is 1. The van der Waals surface area contributed by atoms with Gasteiger partial charge in [-0.25, -0.2) is 0 Å². The molecule has 7 nitrogen and oxygen atoms in total. The first-order valence-electron chi connectivity index (χ1n) is 11.1. The van der Waals surface area contributed by atoms with Gasteiger partial charge >= 0.3 is 0 Å². The number of piperidine rings is 1. The van der Waals surface area contributed by atoms with E-state index in [1.165, 1.54) is 17.7 Å². The van der Waals surface area contributed by atoms with E-state index in [1.54, 1.807) is 6.07 Å². The van der Waals surface area contributed by atoms with E-state index in [1.807, 2.05) is 12.1 Å². The standard InChI is InChI=1S/C26H23N3O4/c30-18-8-9-19(31)22-21(18)24(32)16-6-7-17-23(20(16)25(22)33)28-26(27-17)10-12-29(13-11-26)14-15-4-2-1-3-5-15/h1-9,27-28,30-31H,10-14H2. The van der Waals surface area contributed by atoms with Crippen molar-refractivity contribution in [2.75, 3.05) is 23.7 Å². The Balaban J connectivity index is 1.29. The molecular weight excluding hydrogens is 418 g/mol. The molecule has 0 aromatic heterocycles. The van der Waals surface area contributed by atoms with Crippen LogP contribution in [0.1, 0.15) is 50.2 Å². The Bertz CT molecular complexity index is 1310. The number of ketones is 2. The number of hydrogen-bond donors (Lipinski definition) is 4. The van der Waals surface area contributed by atoms with E-state index < -0.39 is 17.2 Å². The molecule has 1 spiro atoms. The van der Waals surface area contributed by atoms with Crippen LogP contribution in [0.25, 0.3) is 0 Å². The normalized spacial score (nSPS) is 18.3. The van der Waals surface area contributed by atoms with Gasteiger partial charge in [0.1, 0.15) is 17.2 Å². The third-order valence-corrected chi connectivity index (χ3v) is 6.99. The highest BCUT2D eigenvalue weighted by Gasteiger charge is 2.44. The summed E-state index contributed by atoms with van der Waals surface area (Å²) in [5.41, 5.74) is 2.47. The Morgan fingerprint density at radius 2 is 1.45 bits per heavy atom. The minimum Gasteiger partial charge on any atom is -0.507 e. The molecule has 2 aliphatic heterocycles. The lowest BCUT2D eigenvalue weighted by atomic mass is 9.82. The monoisotopic (exact) mass is 441 g/mol. The third kappa shape index (κ3) is 3.00. The van der Waals surface area contributed by atoms with Crippen LogP contribution in [0.4, 0.5) is 11.4 Å². The first kappa shape index (κ1) is 19.8. The summed E-state index contributed by atoms with van der Waals surface area (Å²) in [7, 11) is 0. The zero-order valence-electron chi connectivity index (χ0n) is 17.9. The molecule has 7 heteroatoms. The van der Waals surface area contributed by atoms with E-state index in [2.05, 4.69) is 39.8 Å². The first-order chi connectivity index (χ1) is 16.0. The molecule has 33 heavy (non-hydrogen) atoms. The van der Waals surface area contributed by atoms with Crippen molar-refractivity contribution in [3.63, 3.8) is 0 Å². The largest absolute Gasteiger partial charge is 0.507 e. The molecule has 0 amide bonds. The summed E-state index contributed by atoms with van der Waals surface area (Å²) in [4.78, 5) is 29.0. The molecule has 3 aromatic carbocycles. The van der Waals surface area contributed by atoms with Crippen LogP contribution < -0.4 is 10.6 Å². The van der Waals surface area contributed by atoms with Gasteiger partial charge in [-0.15, -0.1) is 0 Å². The average molecular weight is 441 g/mol. The summed E-state index contributed by atoms with van der Waals surface area (Å²) in [6, 6.07) is 16.3. The van der Waals surface area contributed by atoms with Gasteiger partial charge in [0.05, 0.1) is 28.1 Å². The Kier molecular flexibility index (Phi) is 4.25. The van der Waals surface area contributed by atoms with Crippen LogP contribution >= 0.6 is 0 Å². The molecule has 1 saturated heterocycles. The second-order valence-electron chi connectivity index (χ2n) is 9.02. The predicted octanol–water partition coefficient (Wildman–Crippen LogP) is 3.70. The Labute approximate surface area is 190 Å². The number of carbonyl (C=O) groups is 2. The van der Waals surface area contributed by atoms with Crippen molar-refractivity contribution in [2.24, 2.45) is 0 Å². The van der Waals surface area contributed by atoms with Crippen LogP contribution in [0.15, 0.2) is 54.6 Å². The molecule has 0 saturated carbocycles. The number of aromatic hydroxyl groups is 2. The number of likely N-dealkylation sites (tertiary alicyclic amines) is 1. The summed E-state index contributed by atoms with van der Waals surface area (Å²) >= 11 is 0. The molecule has 0 bridgehead atoms. The van der Waals surface area contributed by atoms with Crippen LogP contribution in [0.5, 0.6) is 11.5 Å². The van der Waals surface area contributed by atoms with Gasteiger partial charge in [0.2, 0.25) is 5.78 Å². The molecule has 0 atom stereocenters. The smallest absolute Gasteiger partial charge is 0.200 e. The fraction of sp³-hybridized carbons (Fsp3) is 0.231. The van der Waals surface area contributed by atoms with E-state index >= 15 is 0 Å². The number of phenolic OH excluding ortho intramolecular Hbond substituents is 2. The quantitative estimate of drug-likeness (QED) is 0.352. The number of hydrogen-bond acceptors (Lipinski definition) is 7. The van der Waals surface area contributed by atoms with Crippen LogP contribution in [0.2, 0.25) is 0 Å². The average Bonchev–Trinajstić information content (AvgIpc) is 3.18. The maximum absolute atomic E-state index is 13.4. The Morgan fingerprint density at radius 1 is 0.788 bits per heavy atom. The molecule has 166 valence electrons. The number of phenols is 2. The molecule has 1 fully saturated rings. The van der Waals surface area contributed by atoms with Gasteiger partial charge in [-0.3, -0.25) is 14.5 Å². The molecule has 2 heterocycles. The Morgan fingerprint density at radius 3 is 2.15 bits per heavy atom. The van der Waals surface area contributed by atoms with Gasteiger partial charge < -0.3 is 20.8 Å². The van der Waals surface area contributed by atoms with E-state index in [9.17, 15) is 19.8 Å². The summed E-state index contributed by atoms with van der Waals surface area (Å²) in [5.74, 6) is -1.53. The van der Waals surface area contributed by atoms with Gasteiger partial charge in [-0.2, -0.15) is 0 Å². The number of benzene rings is 3. The van der Waals surface area contributed by atoms with Crippen LogP contribution in [-0.2, 0) is 6.54 Å². The molecule has 1 aliphatic carbocycles. The van der Waals surface area contributed by atoms with Gasteiger partial charge in [-0.1, -0.05) is 30.3 Å². The van der Waals surface area contributed by atoms with Crippen molar-refractivity contribution in [2.45, 2.75) is 25.0 Å². The highest BCUT2D eigenvalue weighted by atomic mass is 16.3. The van der Waals surface area contributed by atoms with Gasteiger partial charge in [-0.05, 0) is 29.8 Å². The number of anilines is 2. The highest BCUT2D eigenvalue weighted by Crippen LogP contribution is 2.47. The summed E-state index contributed by atoms with van der Waals surface area (Å²) in [6.07, 6.45) is 1.65. The molecule has 3 aromatic rings. The Hall–Kier alpha value is -3.84. The minimum absolute atomic E-state index is 0.137. The van der Waals surface area contributed by atoms with E-state index in [0.29, 0.717) is 5.69 Å². The molecule has 4 N–H and O–H groups in total. The van der Waals surface area contributed by atoms with E-state index in [0.717, 1.165) is 38.2 Å². The van der Waals surface area contributed by atoms with Gasteiger partial charge in [0.25, 0.3) is 0 Å². The fourth-order valence-electron chi connectivity index (χ4n) is 5.27. The lowest BCUT2D eigenvalue weighted by Gasteiger charge is -2.40. The highest BCUT2D eigenvalue weighted by molar-refractivity contribution is 6.32. The van der Waals surface area contributed by atoms with Crippen molar-refractivity contribution in [3.8, 4) is 11.5 Å². The zero-order chi connectivity index (χ0) is 22.7. The van der Waals surface area contributed by atoms with Crippen LogP contribution in [0.3, 0.4) is 0 Å².